The van der Waals surface area contributed by atoms with Crippen molar-refractivity contribution in [3.8, 4) is 0 Å². The number of likely N-dealkylation sites (tertiary alicyclic amines) is 1. The van der Waals surface area contributed by atoms with Gasteiger partial charge in [0.1, 0.15) is 23.7 Å². The van der Waals surface area contributed by atoms with Crippen molar-refractivity contribution in [2.75, 3.05) is 32.8 Å². The molecule has 4 atom stereocenters. The van der Waals surface area contributed by atoms with E-state index in [9.17, 15) is 39.3 Å². The Balaban J connectivity index is 1.78. The van der Waals surface area contributed by atoms with Crippen LogP contribution >= 0.6 is 0 Å². The molecule has 0 spiro atoms. The van der Waals surface area contributed by atoms with Crippen molar-refractivity contribution in [1.82, 2.24) is 26.2 Å². The normalized spacial score (nSPS) is 16.3. The van der Waals surface area contributed by atoms with E-state index in [0.29, 0.717) is 19.4 Å². The summed E-state index contributed by atoms with van der Waals surface area (Å²) in [5.41, 5.74) is 12.5. The first-order valence-corrected chi connectivity index (χ1v) is 18.8. The van der Waals surface area contributed by atoms with Gasteiger partial charge in [-0.25, -0.2) is 0 Å². The monoisotopic (exact) mass is 753 g/mol. The molecule has 4 amide bonds. The summed E-state index contributed by atoms with van der Waals surface area (Å²) in [6.45, 7) is 3.98. The van der Waals surface area contributed by atoms with Crippen LogP contribution in [0.15, 0.2) is 60.7 Å². The van der Waals surface area contributed by atoms with Crippen molar-refractivity contribution in [2.45, 2.75) is 101 Å². The van der Waals surface area contributed by atoms with Crippen LogP contribution in [0.3, 0.4) is 0 Å². The molecule has 1 heterocycles. The lowest BCUT2D eigenvalue weighted by Gasteiger charge is -2.38. The number of carboxylic acid groups (broad SMARTS) is 1. The Kier molecular flexibility index (Phi) is 18.0. The topological polar surface area (TPSA) is 249 Å². The Hall–Kier alpha value is -4.41. The molecule has 0 aromatic heterocycles. The molecule has 298 valence electrons. The van der Waals surface area contributed by atoms with Crippen molar-refractivity contribution in [3.63, 3.8) is 0 Å². The third kappa shape index (κ3) is 14.1. The first-order chi connectivity index (χ1) is 25.8. The molecule has 0 aliphatic carbocycles. The lowest BCUT2D eigenvalue weighted by molar-refractivity contribution is -0.148. The predicted molar refractivity (Wildman–Crippen MR) is 204 cm³/mol. The van der Waals surface area contributed by atoms with E-state index in [4.69, 9.17) is 11.5 Å². The molecular weight excluding hydrogens is 694 g/mol. The van der Waals surface area contributed by atoms with E-state index in [1.807, 2.05) is 74.5 Å². The minimum Gasteiger partial charge on any atom is -0.480 e. The zero-order valence-electron chi connectivity index (χ0n) is 31.4. The van der Waals surface area contributed by atoms with E-state index in [0.717, 1.165) is 11.1 Å². The quantitative estimate of drug-likeness (QED) is 0.0714. The van der Waals surface area contributed by atoms with E-state index in [-0.39, 0.29) is 76.7 Å². The summed E-state index contributed by atoms with van der Waals surface area (Å²) < 4.78 is 0. The van der Waals surface area contributed by atoms with Gasteiger partial charge >= 0.3 is 5.97 Å². The van der Waals surface area contributed by atoms with Gasteiger partial charge in [0.2, 0.25) is 23.6 Å². The van der Waals surface area contributed by atoms with Gasteiger partial charge in [0.15, 0.2) is 0 Å². The van der Waals surface area contributed by atoms with Gasteiger partial charge in [0, 0.05) is 19.5 Å². The number of rotatable bonds is 22. The van der Waals surface area contributed by atoms with Crippen LogP contribution in [0.1, 0.15) is 63.5 Å². The van der Waals surface area contributed by atoms with Crippen molar-refractivity contribution in [1.29, 1.82) is 0 Å². The number of nitrogens with two attached hydrogens (primary N) is 2. The summed E-state index contributed by atoms with van der Waals surface area (Å²) in [5, 5.41) is 39.8. The van der Waals surface area contributed by atoms with Crippen molar-refractivity contribution in [3.05, 3.63) is 71.8 Å². The lowest BCUT2D eigenvalue weighted by Crippen LogP contribution is -2.60. The number of benzene rings is 2. The second-order valence-electron chi connectivity index (χ2n) is 14.6. The molecule has 3 rings (SSSR count). The second kappa shape index (κ2) is 22.1. The highest BCUT2D eigenvalue weighted by Gasteiger charge is 2.40. The maximum atomic E-state index is 14.0. The second-order valence-corrected chi connectivity index (χ2v) is 14.6. The minimum absolute atomic E-state index is 0.0375. The minimum atomic E-state index is -1.44. The van der Waals surface area contributed by atoms with Gasteiger partial charge in [-0.2, -0.15) is 0 Å². The number of amides is 4. The van der Waals surface area contributed by atoms with Crippen molar-refractivity contribution >= 4 is 29.6 Å². The van der Waals surface area contributed by atoms with Crippen molar-refractivity contribution in [2.24, 2.45) is 17.4 Å². The Bertz CT molecular complexity index is 1480. The largest absolute Gasteiger partial charge is 0.480 e. The van der Waals surface area contributed by atoms with E-state index in [1.54, 1.807) is 0 Å². The third-order valence-corrected chi connectivity index (χ3v) is 9.69. The fourth-order valence-electron chi connectivity index (χ4n) is 6.33. The van der Waals surface area contributed by atoms with Crippen LogP contribution in [0.5, 0.6) is 0 Å². The molecule has 0 bridgehead atoms. The molecule has 2 aromatic carbocycles. The molecule has 0 unspecified atom stereocenters. The average Bonchev–Trinajstić information content (AvgIpc) is 3.15. The first kappa shape index (κ1) is 44.0. The van der Waals surface area contributed by atoms with E-state index in [1.165, 1.54) is 4.90 Å². The third-order valence-electron chi connectivity index (χ3n) is 9.69. The van der Waals surface area contributed by atoms with E-state index < -0.39 is 59.4 Å². The summed E-state index contributed by atoms with van der Waals surface area (Å²) in [6.07, 6.45) is 2.06. The number of aliphatic hydroxyl groups is 2. The molecule has 1 saturated heterocycles. The zero-order valence-corrected chi connectivity index (χ0v) is 31.4. The van der Waals surface area contributed by atoms with Crippen LogP contribution in [0.2, 0.25) is 0 Å². The molecule has 1 aliphatic rings. The number of aliphatic hydroxyl groups excluding tert-OH is 2. The Labute approximate surface area is 317 Å². The van der Waals surface area contributed by atoms with Crippen molar-refractivity contribution < 1.29 is 39.3 Å². The van der Waals surface area contributed by atoms with Crippen LogP contribution in [0, 0.1) is 5.92 Å². The molecule has 1 fully saturated rings. The van der Waals surface area contributed by atoms with Crippen LogP contribution in [-0.2, 0) is 36.8 Å². The lowest BCUT2D eigenvalue weighted by atomic mass is 9.88. The number of carbonyl (C=O) groups is 5. The van der Waals surface area contributed by atoms with Gasteiger partial charge in [0.05, 0.1) is 25.3 Å². The van der Waals surface area contributed by atoms with Gasteiger partial charge < -0.3 is 53.0 Å². The Morgan fingerprint density at radius 3 is 1.81 bits per heavy atom. The predicted octanol–water partition coefficient (Wildman–Crippen LogP) is -0.183. The molecule has 54 heavy (non-hydrogen) atoms. The Morgan fingerprint density at radius 1 is 0.759 bits per heavy atom. The molecule has 15 heteroatoms. The number of nitrogens with one attached hydrogen (secondary N) is 4. The fourth-order valence-corrected chi connectivity index (χ4v) is 6.33. The number of unbranched alkanes of at least 4 members (excludes halogenated alkanes) is 1. The smallest absolute Gasteiger partial charge is 0.323 e. The van der Waals surface area contributed by atoms with Gasteiger partial charge in [0.25, 0.3) is 0 Å². The maximum Gasteiger partial charge on any atom is 0.323 e. The first-order valence-electron chi connectivity index (χ1n) is 18.8. The number of carbonyl (C=O) groups excluding carboxylic acids is 4. The number of hydrogen-bond acceptors (Lipinski definition) is 10. The summed E-state index contributed by atoms with van der Waals surface area (Å²) >= 11 is 0. The number of aliphatic carboxylic acids is 1. The van der Waals surface area contributed by atoms with Crippen LogP contribution in [-0.4, -0.2) is 118 Å². The van der Waals surface area contributed by atoms with E-state index in [2.05, 4.69) is 21.3 Å². The standard InChI is InChI=1S/C39H59N7O8/c1-26(2)21-32(45-36(51)33(23-28-13-7-4-8-14-28)44-34(49)30(40)22-27-11-5-3-6-12-27)35(50)43-31(15-9-10-18-42-29(24-47)25-48)37(52)46-19-16-39(41,17-20-46)38(53)54/h3-8,11-14,26,29-33,42,47-48H,9-10,15-25,40-41H2,1-2H3,(H,43,50)(H,44,49)(H,45,51)(H,53,54)/t30-,31-,32-,33-/m1/s1. The van der Waals surface area contributed by atoms with Crippen LogP contribution in [0.4, 0.5) is 0 Å². The molecule has 0 radical (unpaired) electrons. The molecule has 11 N–H and O–H groups in total. The SMILES string of the molecule is CC(C)C[C@@H](NC(=O)[C@@H](Cc1ccccc1)NC(=O)[C@H](N)Cc1ccccc1)C(=O)N[C@H](CCCCNC(CO)CO)C(=O)N1CCC(N)(C(=O)O)CC1. The number of piperidine rings is 1. The average molecular weight is 754 g/mol. The molecular formula is C39H59N7O8. The van der Waals surface area contributed by atoms with E-state index >= 15 is 0 Å². The summed E-state index contributed by atoms with van der Waals surface area (Å²) in [7, 11) is 0. The highest BCUT2D eigenvalue weighted by molar-refractivity contribution is 5.95. The molecule has 15 nitrogen and oxygen atoms in total. The van der Waals surface area contributed by atoms with Crippen LogP contribution < -0.4 is 32.7 Å². The van der Waals surface area contributed by atoms with Gasteiger partial charge in [-0.1, -0.05) is 74.5 Å². The summed E-state index contributed by atoms with van der Waals surface area (Å²) in [6, 6.07) is 13.9. The van der Waals surface area contributed by atoms with Gasteiger partial charge in [-0.15, -0.1) is 0 Å². The maximum absolute atomic E-state index is 14.0. The Morgan fingerprint density at radius 2 is 1.28 bits per heavy atom. The molecule has 1 aliphatic heterocycles. The number of carboxylic acids is 1. The zero-order chi connectivity index (χ0) is 39.7. The fraction of sp³-hybridized carbons (Fsp3) is 0.564. The highest BCUT2D eigenvalue weighted by Crippen LogP contribution is 2.21. The number of nitrogens with zero attached hydrogens (tertiary/aromatic N) is 1. The van der Waals surface area contributed by atoms with Gasteiger partial charge in [-0.05, 0) is 68.5 Å². The van der Waals surface area contributed by atoms with Gasteiger partial charge in [-0.3, -0.25) is 24.0 Å². The van der Waals surface area contributed by atoms with Crippen LogP contribution in [0.25, 0.3) is 0 Å². The summed E-state index contributed by atoms with van der Waals surface area (Å²) in [4.78, 5) is 68.4. The summed E-state index contributed by atoms with van der Waals surface area (Å²) in [5.74, 6) is -3.23. The molecule has 2 aromatic rings. The highest BCUT2D eigenvalue weighted by atomic mass is 16.4. The molecule has 0 saturated carbocycles. The number of hydrogen-bond donors (Lipinski definition) is 9.